The van der Waals surface area contributed by atoms with Crippen LogP contribution in [0.1, 0.15) is 33.6 Å². The lowest BCUT2D eigenvalue weighted by molar-refractivity contribution is -0.128. The summed E-state index contributed by atoms with van der Waals surface area (Å²) in [5.41, 5.74) is 5.52. The summed E-state index contributed by atoms with van der Waals surface area (Å²) < 4.78 is 0. The van der Waals surface area contributed by atoms with Crippen molar-refractivity contribution < 1.29 is 9.59 Å². The smallest absolute Gasteiger partial charge is 0.242 e. The van der Waals surface area contributed by atoms with E-state index in [0.717, 1.165) is 0 Å². The summed E-state index contributed by atoms with van der Waals surface area (Å²) >= 11 is 0. The molecule has 0 aliphatic carbocycles. The first-order chi connectivity index (χ1) is 6.97. The summed E-state index contributed by atoms with van der Waals surface area (Å²) in [6, 6.07) is -0.471. The average Bonchev–Trinajstić information content (AvgIpc) is 2.15. The van der Waals surface area contributed by atoms with Crippen molar-refractivity contribution in [2.24, 2.45) is 5.73 Å². The molecular weight excluding hydrogens is 194 g/mol. The molecule has 0 aliphatic heterocycles. The van der Waals surface area contributed by atoms with E-state index < -0.39 is 6.04 Å². The van der Waals surface area contributed by atoms with Crippen molar-refractivity contribution in [2.75, 3.05) is 6.54 Å². The van der Waals surface area contributed by atoms with E-state index in [4.69, 9.17) is 5.73 Å². The Labute approximate surface area is 90.8 Å². The van der Waals surface area contributed by atoms with Gasteiger partial charge in [-0.1, -0.05) is 0 Å². The molecule has 0 spiro atoms. The zero-order valence-electron chi connectivity index (χ0n) is 9.67. The Morgan fingerprint density at radius 1 is 1.33 bits per heavy atom. The van der Waals surface area contributed by atoms with Gasteiger partial charge in [-0.05, 0) is 27.2 Å². The highest BCUT2D eigenvalue weighted by Crippen LogP contribution is 1.94. The zero-order valence-corrected chi connectivity index (χ0v) is 9.67. The van der Waals surface area contributed by atoms with E-state index in [2.05, 4.69) is 10.6 Å². The molecule has 0 radical (unpaired) electrons. The Morgan fingerprint density at radius 2 is 1.93 bits per heavy atom. The molecule has 4 N–H and O–H groups in total. The van der Waals surface area contributed by atoms with Crippen LogP contribution in [0.5, 0.6) is 0 Å². The van der Waals surface area contributed by atoms with Crippen molar-refractivity contribution in [1.29, 1.82) is 0 Å². The number of hydrogen-bond donors (Lipinski definition) is 3. The normalized spacial score (nSPS) is 14.1. The van der Waals surface area contributed by atoms with Gasteiger partial charge in [0.15, 0.2) is 0 Å². The summed E-state index contributed by atoms with van der Waals surface area (Å²) in [6.45, 7) is 5.91. The summed E-state index contributed by atoms with van der Waals surface area (Å²) in [6.07, 6.45) is 0.995. The molecule has 0 saturated carbocycles. The van der Waals surface area contributed by atoms with Crippen LogP contribution in [0.4, 0.5) is 0 Å². The standard InChI is InChI=1S/C10H21N3O2/c1-4-12-10(15)8(3)13-9(14)6-5-7(2)11/h7-8H,4-6,11H2,1-3H3,(H,12,15)(H,13,14). The number of carbonyl (C=O) groups excluding carboxylic acids is 2. The van der Waals surface area contributed by atoms with Gasteiger partial charge in [0.25, 0.3) is 0 Å². The average molecular weight is 215 g/mol. The molecule has 2 atom stereocenters. The number of carbonyl (C=O) groups is 2. The molecule has 88 valence electrons. The van der Waals surface area contributed by atoms with Gasteiger partial charge in [0.2, 0.25) is 11.8 Å². The fraction of sp³-hybridized carbons (Fsp3) is 0.800. The first-order valence-corrected chi connectivity index (χ1v) is 5.30. The van der Waals surface area contributed by atoms with Crippen molar-refractivity contribution >= 4 is 11.8 Å². The van der Waals surface area contributed by atoms with Gasteiger partial charge >= 0.3 is 0 Å². The number of nitrogens with one attached hydrogen (secondary N) is 2. The maximum Gasteiger partial charge on any atom is 0.242 e. The Balaban J connectivity index is 3.80. The first-order valence-electron chi connectivity index (χ1n) is 5.30. The van der Waals surface area contributed by atoms with Gasteiger partial charge in [0.05, 0.1) is 0 Å². The molecular formula is C10H21N3O2. The molecule has 5 heteroatoms. The SMILES string of the molecule is CCNC(=O)C(C)NC(=O)CCC(C)N. The van der Waals surface area contributed by atoms with E-state index in [1.54, 1.807) is 6.92 Å². The van der Waals surface area contributed by atoms with Crippen molar-refractivity contribution in [3.05, 3.63) is 0 Å². The molecule has 2 unspecified atom stereocenters. The molecule has 0 aromatic rings. The molecule has 0 heterocycles. The highest BCUT2D eigenvalue weighted by atomic mass is 16.2. The second-order valence-corrected chi connectivity index (χ2v) is 3.70. The monoisotopic (exact) mass is 215 g/mol. The van der Waals surface area contributed by atoms with Gasteiger partial charge in [0, 0.05) is 19.0 Å². The van der Waals surface area contributed by atoms with Crippen LogP contribution in [-0.4, -0.2) is 30.4 Å². The Morgan fingerprint density at radius 3 is 2.40 bits per heavy atom. The van der Waals surface area contributed by atoms with Gasteiger partial charge < -0.3 is 16.4 Å². The lowest BCUT2D eigenvalue weighted by atomic mass is 10.2. The van der Waals surface area contributed by atoms with Crippen molar-refractivity contribution in [3.8, 4) is 0 Å². The Hall–Kier alpha value is -1.10. The molecule has 5 nitrogen and oxygen atoms in total. The van der Waals surface area contributed by atoms with E-state index in [1.165, 1.54) is 0 Å². The van der Waals surface area contributed by atoms with Gasteiger partial charge in [-0.15, -0.1) is 0 Å². The molecule has 0 saturated heterocycles. The van der Waals surface area contributed by atoms with Crippen LogP contribution in [0.15, 0.2) is 0 Å². The predicted octanol–water partition coefficient (Wildman–Crippen LogP) is -0.245. The first kappa shape index (κ1) is 13.9. The summed E-state index contributed by atoms with van der Waals surface area (Å²) in [4.78, 5) is 22.6. The topological polar surface area (TPSA) is 84.2 Å². The van der Waals surface area contributed by atoms with Gasteiger partial charge in [-0.2, -0.15) is 0 Å². The van der Waals surface area contributed by atoms with E-state index in [1.807, 2.05) is 13.8 Å². The minimum atomic E-state index is -0.481. The summed E-state index contributed by atoms with van der Waals surface area (Å²) in [5, 5.41) is 5.25. The maximum absolute atomic E-state index is 11.3. The third kappa shape index (κ3) is 6.90. The van der Waals surface area contributed by atoms with Gasteiger partial charge in [0.1, 0.15) is 6.04 Å². The predicted molar refractivity (Wildman–Crippen MR) is 59.2 cm³/mol. The summed E-state index contributed by atoms with van der Waals surface area (Å²) in [5.74, 6) is -0.294. The van der Waals surface area contributed by atoms with Gasteiger partial charge in [-0.3, -0.25) is 9.59 Å². The van der Waals surface area contributed by atoms with E-state index >= 15 is 0 Å². The largest absolute Gasteiger partial charge is 0.355 e. The third-order valence-electron chi connectivity index (χ3n) is 1.95. The molecule has 0 aliphatic rings. The number of rotatable bonds is 6. The number of amides is 2. The molecule has 0 fully saturated rings. The zero-order chi connectivity index (χ0) is 11.8. The van der Waals surface area contributed by atoms with E-state index in [0.29, 0.717) is 19.4 Å². The fourth-order valence-electron chi connectivity index (χ4n) is 1.07. The van der Waals surface area contributed by atoms with Crippen LogP contribution < -0.4 is 16.4 Å². The van der Waals surface area contributed by atoms with E-state index in [-0.39, 0.29) is 17.9 Å². The second kappa shape index (κ2) is 7.23. The molecule has 0 bridgehead atoms. The molecule has 0 aromatic carbocycles. The minimum absolute atomic E-state index is 0.00974. The minimum Gasteiger partial charge on any atom is -0.355 e. The van der Waals surface area contributed by atoms with Crippen LogP contribution in [0.25, 0.3) is 0 Å². The number of likely N-dealkylation sites (N-methyl/N-ethyl adjacent to an activating group) is 1. The lowest BCUT2D eigenvalue weighted by Crippen LogP contribution is -2.44. The van der Waals surface area contributed by atoms with Crippen molar-refractivity contribution in [2.45, 2.75) is 45.7 Å². The van der Waals surface area contributed by atoms with Crippen LogP contribution in [0.2, 0.25) is 0 Å². The van der Waals surface area contributed by atoms with Gasteiger partial charge in [-0.25, -0.2) is 0 Å². The highest BCUT2D eigenvalue weighted by molar-refractivity contribution is 5.87. The van der Waals surface area contributed by atoms with Crippen LogP contribution in [0.3, 0.4) is 0 Å². The number of nitrogens with two attached hydrogens (primary N) is 1. The Kier molecular flexibility index (Phi) is 6.70. The van der Waals surface area contributed by atoms with Crippen molar-refractivity contribution in [1.82, 2.24) is 10.6 Å². The van der Waals surface area contributed by atoms with Crippen LogP contribution in [0, 0.1) is 0 Å². The molecule has 0 aromatic heterocycles. The maximum atomic E-state index is 11.3. The quantitative estimate of drug-likeness (QED) is 0.571. The lowest BCUT2D eigenvalue weighted by Gasteiger charge is -2.13. The van der Waals surface area contributed by atoms with Crippen molar-refractivity contribution in [3.63, 3.8) is 0 Å². The molecule has 0 rings (SSSR count). The van der Waals surface area contributed by atoms with E-state index in [9.17, 15) is 9.59 Å². The second-order valence-electron chi connectivity index (χ2n) is 3.70. The van der Waals surface area contributed by atoms with Crippen LogP contribution >= 0.6 is 0 Å². The third-order valence-corrected chi connectivity index (χ3v) is 1.95. The highest BCUT2D eigenvalue weighted by Gasteiger charge is 2.14. The molecule has 15 heavy (non-hydrogen) atoms. The molecule has 2 amide bonds. The summed E-state index contributed by atoms with van der Waals surface area (Å²) in [7, 11) is 0. The number of hydrogen-bond acceptors (Lipinski definition) is 3. The van der Waals surface area contributed by atoms with Crippen LogP contribution in [-0.2, 0) is 9.59 Å². The Bertz CT molecular complexity index is 217. The fourth-order valence-corrected chi connectivity index (χ4v) is 1.07.